The fourth-order valence-corrected chi connectivity index (χ4v) is 3.26. The second-order valence-electron chi connectivity index (χ2n) is 6.35. The molecule has 2 atom stereocenters. The van der Waals surface area contributed by atoms with Crippen molar-refractivity contribution in [2.45, 2.75) is 19.4 Å². The number of nitrogens with two attached hydrogens (primary N) is 1. The first kappa shape index (κ1) is 16.6. The van der Waals surface area contributed by atoms with Crippen molar-refractivity contribution < 1.29 is 13.6 Å². The number of hydrogen-bond acceptors (Lipinski definition) is 2. The van der Waals surface area contributed by atoms with Crippen molar-refractivity contribution in [3.05, 3.63) is 59.7 Å². The summed E-state index contributed by atoms with van der Waals surface area (Å²) in [7, 11) is 0. The van der Waals surface area contributed by atoms with Crippen molar-refractivity contribution in [3.63, 3.8) is 0 Å². The van der Waals surface area contributed by atoms with E-state index in [0.29, 0.717) is 24.2 Å². The van der Waals surface area contributed by atoms with Crippen molar-refractivity contribution >= 4 is 5.91 Å². The van der Waals surface area contributed by atoms with Crippen LogP contribution < -0.4 is 5.73 Å². The summed E-state index contributed by atoms with van der Waals surface area (Å²) < 4.78 is 27.5. The Hall–Kier alpha value is -2.27. The lowest BCUT2D eigenvalue weighted by Crippen LogP contribution is -2.35. The molecule has 0 bridgehead atoms. The molecule has 3 nitrogen and oxygen atoms in total. The monoisotopic (exact) mass is 330 g/mol. The zero-order valence-corrected chi connectivity index (χ0v) is 13.5. The van der Waals surface area contributed by atoms with E-state index in [9.17, 15) is 13.6 Å². The molecule has 1 aliphatic rings. The molecule has 1 saturated heterocycles. The molecule has 1 heterocycles. The van der Waals surface area contributed by atoms with E-state index >= 15 is 0 Å². The minimum atomic E-state index is -0.565. The smallest absolute Gasteiger partial charge is 0.257 e. The summed E-state index contributed by atoms with van der Waals surface area (Å²) in [6.45, 7) is 3.05. The van der Waals surface area contributed by atoms with E-state index < -0.39 is 5.82 Å². The van der Waals surface area contributed by atoms with Gasteiger partial charge in [0, 0.05) is 12.6 Å². The van der Waals surface area contributed by atoms with E-state index in [1.54, 1.807) is 23.1 Å². The van der Waals surface area contributed by atoms with E-state index in [1.165, 1.54) is 24.3 Å². The summed E-state index contributed by atoms with van der Waals surface area (Å²) in [4.78, 5) is 14.3. The molecule has 2 aromatic carbocycles. The van der Waals surface area contributed by atoms with Crippen molar-refractivity contribution in [3.8, 4) is 11.1 Å². The minimum Gasteiger partial charge on any atom is -0.336 e. The van der Waals surface area contributed by atoms with Gasteiger partial charge in [-0.2, -0.15) is 0 Å². The molecule has 1 amide bonds. The second-order valence-corrected chi connectivity index (χ2v) is 6.35. The highest BCUT2D eigenvalue weighted by Gasteiger charge is 2.33. The fraction of sp³-hybridized carbons (Fsp3) is 0.316. The Bertz CT molecular complexity index is 746. The highest BCUT2D eigenvalue weighted by Crippen LogP contribution is 2.27. The molecule has 1 aliphatic heterocycles. The van der Waals surface area contributed by atoms with Crippen molar-refractivity contribution in [1.82, 2.24) is 4.90 Å². The lowest BCUT2D eigenvalue weighted by atomic mass is 10.0. The van der Waals surface area contributed by atoms with Gasteiger partial charge in [0.1, 0.15) is 11.6 Å². The summed E-state index contributed by atoms with van der Waals surface area (Å²) >= 11 is 0. The number of nitrogens with zero attached hydrogens (tertiary/aromatic N) is 1. The Morgan fingerprint density at radius 2 is 1.83 bits per heavy atom. The van der Waals surface area contributed by atoms with Crippen molar-refractivity contribution in [2.75, 3.05) is 13.1 Å². The van der Waals surface area contributed by atoms with Gasteiger partial charge in [-0.15, -0.1) is 0 Å². The summed E-state index contributed by atoms with van der Waals surface area (Å²) in [6.07, 6.45) is 0.845. The van der Waals surface area contributed by atoms with Crippen LogP contribution in [0.1, 0.15) is 23.7 Å². The molecule has 0 aliphatic carbocycles. The van der Waals surface area contributed by atoms with Crippen molar-refractivity contribution in [1.29, 1.82) is 0 Å². The summed E-state index contributed by atoms with van der Waals surface area (Å²) in [5.41, 5.74) is 7.05. The first-order valence-corrected chi connectivity index (χ1v) is 8.06. The van der Waals surface area contributed by atoms with Gasteiger partial charge in [0.25, 0.3) is 5.91 Å². The third kappa shape index (κ3) is 3.17. The minimum absolute atomic E-state index is 0.0576. The molecule has 0 radical (unpaired) electrons. The van der Waals surface area contributed by atoms with Gasteiger partial charge >= 0.3 is 0 Å². The van der Waals surface area contributed by atoms with Crippen LogP contribution in [-0.4, -0.2) is 29.9 Å². The highest BCUT2D eigenvalue weighted by molar-refractivity contribution is 5.95. The second kappa shape index (κ2) is 6.69. The van der Waals surface area contributed by atoms with Gasteiger partial charge < -0.3 is 10.6 Å². The van der Waals surface area contributed by atoms with Gasteiger partial charge in [0.2, 0.25) is 0 Å². The summed E-state index contributed by atoms with van der Waals surface area (Å²) in [5.74, 6) is -0.944. The maximum atomic E-state index is 14.5. The largest absolute Gasteiger partial charge is 0.336 e. The lowest BCUT2D eigenvalue weighted by molar-refractivity contribution is 0.0739. The molecule has 0 spiro atoms. The van der Waals surface area contributed by atoms with Gasteiger partial charge in [0.15, 0.2) is 0 Å². The summed E-state index contributed by atoms with van der Waals surface area (Å²) in [6, 6.07) is 10.4. The van der Waals surface area contributed by atoms with Gasteiger partial charge in [-0.25, -0.2) is 8.78 Å². The molecule has 0 saturated carbocycles. The van der Waals surface area contributed by atoms with E-state index in [1.807, 2.05) is 6.92 Å². The molecule has 24 heavy (non-hydrogen) atoms. The predicted molar refractivity (Wildman–Crippen MR) is 89.5 cm³/mol. The topological polar surface area (TPSA) is 46.3 Å². The number of halogens is 2. The predicted octanol–water partition coefficient (Wildman–Crippen LogP) is 3.44. The van der Waals surface area contributed by atoms with E-state index in [4.69, 9.17) is 5.73 Å². The molecule has 3 rings (SSSR count). The van der Waals surface area contributed by atoms with Crippen LogP contribution >= 0.6 is 0 Å². The zero-order chi connectivity index (χ0) is 17.3. The number of carbonyl (C=O) groups excluding carboxylic acids is 1. The molecule has 0 aromatic heterocycles. The first-order chi connectivity index (χ1) is 11.5. The Labute approximate surface area is 140 Å². The maximum absolute atomic E-state index is 14.5. The van der Waals surface area contributed by atoms with Crippen molar-refractivity contribution in [2.24, 2.45) is 11.7 Å². The van der Waals surface area contributed by atoms with E-state index in [2.05, 4.69) is 0 Å². The highest BCUT2D eigenvalue weighted by atomic mass is 19.1. The van der Waals surface area contributed by atoms with Crippen LogP contribution in [0.4, 0.5) is 8.78 Å². The molecule has 2 N–H and O–H groups in total. The fourth-order valence-electron chi connectivity index (χ4n) is 3.26. The van der Waals surface area contributed by atoms with Crippen LogP contribution in [0, 0.1) is 17.6 Å². The third-order valence-corrected chi connectivity index (χ3v) is 4.63. The SMILES string of the molecule is CC1CC(CN)CN1C(=O)c1ccc(-c2ccc(F)cc2)cc1F. The maximum Gasteiger partial charge on any atom is 0.257 e. The zero-order valence-electron chi connectivity index (χ0n) is 13.5. The normalized spacial score (nSPS) is 20.4. The Morgan fingerprint density at radius 3 is 2.42 bits per heavy atom. The number of rotatable bonds is 3. The van der Waals surface area contributed by atoms with Crippen LogP contribution in [0.25, 0.3) is 11.1 Å². The Morgan fingerprint density at radius 1 is 1.17 bits per heavy atom. The van der Waals surface area contributed by atoms with Crippen LogP contribution in [0.15, 0.2) is 42.5 Å². The molecule has 2 unspecified atom stereocenters. The molecular weight excluding hydrogens is 310 g/mol. The molecule has 2 aromatic rings. The van der Waals surface area contributed by atoms with Gasteiger partial charge in [-0.05, 0) is 61.2 Å². The number of amides is 1. The number of likely N-dealkylation sites (tertiary alicyclic amines) is 1. The molecule has 5 heteroatoms. The van der Waals surface area contributed by atoms with Gasteiger partial charge in [0.05, 0.1) is 5.56 Å². The number of carbonyl (C=O) groups is 1. The molecule has 1 fully saturated rings. The van der Waals surface area contributed by atoms with E-state index in [0.717, 1.165) is 6.42 Å². The van der Waals surface area contributed by atoms with Crippen LogP contribution in [0.5, 0.6) is 0 Å². The molecule has 126 valence electrons. The summed E-state index contributed by atoms with van der Waals surface area (Å²) in [5, 5.41) is 0. The van der Waals surface area contributed by atoms with Crippen LogP contribution in [-0.2, 0) is 0 Å². The average molecular weight is 330 g/mol. The number of benzene rings is 2. The standard InChI is InChI=1S/C19H20F2N2O/c1-12-8-13(10-22)11-23(12)19(24)17-7-4-15(9-18(17)21)14-2-5-16(20)6-3-14/h2-7,9,12-13H,8,10-11,22H2,1H3. The lowest BCUT2D eigenvalue weighted by Gasteiger charge is -2.22. The third-order valence-electron chi connectivity index (χ3n) is 4.63. The number of hydrogen-bond donors (Lipinski definition) is 1. The molecular formula is C19H20F2N2O. The Balaban J connectivity index is 1.85. The van der Waals surface area contributed by atoms with Crippen LogP contribution in [0.3, 0.4) is 0 Å². The average Bonchev–Trinajstić information content (AvgIpc) is 2.96. The Kier molecular flexibility index (Phi) is 4.62. The first-order valence-electron chi connectivity index (χ1n) is 8.06. The van der Waals surface area contributed by atoms with E-state index in [-0.39, 0.29) is 29.2 Å². The quantitative estimate of drug-likeness (QED) is 0.937. The van der Waals surface area contributed by atoms with Gasteiger partial charge in [-0.1, -0.05) is 18.2 Å². The van der Waals surface area contributed by atoms with Crippen LogP contribution in [0.2, 0.25) is 0 Å². The van der Waals surface area contributed by atoms with Gasteiger partial charge in [-0.3, -0.25) is 4.79 Å².